The molecule has 2 heterocycles. The van der Waals surface area contributed by atoms with Crippen molar-refractivity contribution < 1.29 is 0 Å². The van der Waals surface area contributed by atoms with Gasteiger partial charge in [0.15, 0.2) is 0 Å². The molecule has 0 bridgehead atoms. The second-order valence-corrected chi connectivity index (χ2v) is 3.66. The van der Waals surface area contributed by atoms with Gasteiger partial charge in [0.25, 0.3) is 0 Å². The number of hydrogen-bond donors (Lipinski definition) is 2. The minimum absolute atomic E-state index is 0.455. The first kappa shape index (κ1) is 7.32. The van der Waals surface area contributed by atoms with E-state index in [4.69, 9.17) is 0 Å². The van der Waals surface area contributed by atoms with Crippen LogP contribution in [-0.2, 0) is 0 Å². The molecular formula is C9H16N2. The van der Waals surface area contributed by atoms with E-state index in [0.29, 0.717) is 5.41 Å². The molecule has 0 aromatic carbocycles. The second kappa shape index (κ2) is 2.95. The largest absolute Gasteiger partial charge is 0.316 e. The zero-order valence-corrected chi connectivity index (χ0v) is 6.90. The molecular weight excluding hydrogens is 136 g/mol. The average Bonchev–Trinajstić information content (AvgIpc) is 2.32. The van der Waals surface area contributed by atoms with Gasteiger partial charge in [-0.1, -0.05) is 12.2 Å². The van der Waals surface area contributed by atoms with Crippen molar-refractivity contribution in [2.24, 2.45) is 5.41 Å². The minimum atomic E-state index is 0.455. The van der Waals surface area contributed by atoms with Crippen molar-refractivity contribution in [3.8, 4) is 0 Å². The molecule has 0 saturated carbocycles. The summed E-state index contributed by atoms with van der Waals surface area (Å²) in [5.74, 6) is 0. The molecule has 2 aliphatic rings. The second-order valence-electron chi connectivity index (χ2n) is 3.66. The van der Waals surface area contributed by atoms with E-state index in [1.165, 1.54) is 19.4 Å². The average molecular weight is 152 g/mol. The van der Waals surface area contributed by atoms with E-state index in [2.05, 4.69) is 22.8 Å². The van der Waals surface area contributed by atoms with E-state index in [9.17, 15) is 0 Å². The van der Waals surface area contributed by atoms with Gasteiger partial charge in [-0.05, 0) is 25.9 Å². The van der Waals surface area contributed by atoms with E-state index < -0.39 is 0 Å². The molecule has 0 aromatic heterocycles. The highest BCUT2D eigenvalue weighted by Gasteiger charge is 2.30. The van der Waals surface area contributed by atoms with Crippen molar-refractivity contribution >= 4 is 0 Å². The monoisotopic (exact) mass is 152 g/mol. The summed E-state index contributed by atoms with van der Waals surface area (Å²) in [6.07, 6.45) is 7.23. The van der Waals surface area contributed by atoms with Gasteiger partial charge in [-0.15, -0.1) is 0 Å². The predicted molar refractivity (Wildman–Crippen MR) is 46.5 cm³/mol. The molecule has 0 aromatic rings. The first-order valence-corrected chi connectivity index (χ1v) is 4.51. The van der Waals surface area contributed by atoms with Gasteiger partial charge in [-0.2, -0.15) is 0 Å². The van der Waals surface area contributed by atoms with Crippen LogP contribution in [0.5, 0.6) is 0 Å². The highest BCUT2D eigenvalue weighted by Crippen LogP contribution is 2.27. The van der Waals surface area contributed by atoms with Crippen molar-refractivity contribution in [2.45, 2.75) is 12.8 Å². The topological polar surface area (TPSA) is 24.1 Å². The van der Waals surface area contributed by atoms with E-state index in [1.807, 2.05) is 0 Å². The van der Waals surface area contributed by atoms with Gasteiger partial charge in [0.2, 0.25) is 0 Å². The standard InChI is InChI=1S/C9H16N2/c1-2-5-10-7-9(3-1)4-6-11-8-9/h1,3,10-11H,2,4-8H2. The summed E-state index contributed by atoms with van der Waals surface area (Å²) in [5, 5.41) is 6.90. The molecule has 62 valence electrons. The van der Waals surface area contributed by atoms with Gasteiger partial charge in [-0.3, -0.25) is 0 Å². The molecule has 2 nitrogen and oxygen atoms in total. The Hall–Kier alpha value is -0.340. The Balaban J connectivity index is 2.08. The molecule has 1 fully saturated rings. The quantitative estimate of drug-likeness (QED) is 0.494. The molecule has 11 heavy (non-hydrogen) atoms. The fourth-order valence-corrected chi connectivity index (χ4v) is 1.97. The summed E-state index contributed by atoms with van der Waals surface area (Å²) >= 11 is 0. The molecule has 1 spiro atoms. The Morgan fingerprint density at radius 2 is 1.91 bits per heavy atom. The van der Waals surface area contributed by atoms with Crippen molar-refractivity contribution in [1.82, 2.24) is 10.6 Å². The Labute approximate surface area is 68.1 Å². The summed E-state index contributed by atoms with van der Waals surface area (Å²) in [5.41, 5.74) is 0.455. The third-order valence-electron chi connectivity index (χ3n) is 2.71. The Morgan fingerprint density at radius 3 is 2.64 bits per heavy atom. The van der Waals surface area contributed by atoms with Crippen LogP contribution in [0.25, 0.3) is 0 Å². The van der Waals surface area contributed by atoms with Gasteiger partial charge < -0.3 is 10.6 Å². The predicted octanol–water partition coefficient (Wildman–Crippen LogP) is 0.516. The maximum absolute atomic E-state index is 3.48. The molecule has 2 rings (SSSR count). The third-order valence-corrected chi connectivity index (χ3v) is 2.71. The fourth-order valence-electron chi connectivity index (χ4n) is 1.97. The lowest BCUT2D eigenvalue weighted by Crippen LogP contribution is -2.33. The zero-order valence-electron chi connectivity index (χ0n) is 6.90. The molecule has 2 N–H and O–H groups in total. The zero-order chi connectivity index (χ0) is 7.57. The molecule has 0 amide bonds. The lowest BCUT2D eigenvalue weighted by Gasteiger charge is -2.22. The van der Waals surface area contributed by atoms with Gasteiger partial charge in [0, 0.05) is 18.5 Å². The first-order chi connectivity index (χ1) is 5.41. The Morgan fingerprint density at radius 1 is 1.09 bits per heavy atom. The lowest BCUT2D eigenvalue weighted by atomic mass is 9.87. The normalized spacial score (nSPS) is 37.8. The van der Waals surface area contributed by atoms with Crippen molar-refractivity contribution in [1.29, 1.82) is 0 Å². The van der Waals surface area contributed by atoms with Gasteiger partial charge in [-0.25, -0.2) is 0 Å². The molecule has 1 atom stereocenters. The van der Waals surface area contributed by atoms with E-state index >= 15 is 0 Å². The maximum Gasteiger partial charge on any atom is 0.0143 e. The molecule has 1 saturated heterocycles. The fraction of sp³-hybridized carbons (Fsp3) is 0.778. The summed E-state index contributed by atoms with van der Waals surface area (Å²) in [7, 11) is 0. The van der Waals surface area contributed by atoms with Crippen LogP contribution in [0, 0.1) is 5.41 Å². The smallest absolute Gasteiger partial charge is 0.0143 e. The van der Waals surface area contributed by atoms with Gasteiger partial charge in [0.05, 0.1) is 0 Å². The molecule has 1 unspecified atom stereocenters. The summed E-state index contributed by atoms with van der Waals surface area (Å²) in [6.45, 7) is 4.66. The van der Waals surface area contributed by atoms with Crippen LogP contribution in [-0.4, -0.2) is 26.2 Å². The maximum atomic E-state index is 3.48. The van der Waals surface area contributed by atoms with E-state index in [1.54, 1.807) is 0 Å². The Bertz CT molecular complexity index is 157. The van der Waals surface area contributed by atoms with Crippen LogP contribution in [0.15, 0.2) is 12.2 Å². The highest BCUT2D eigenvalue weighted by molar-refractivity contribution is 5.07. The van der Waals surface area contributed by atoms with Crippen LogP contribution in [0.2, 0.25) is 0 Å². The van der Waals surface area contributed by atoms with Crippen LogP contribution in [0.4, 0.5) is 0 Å². The molecule has 0 aliphatic carbocycles. The number of hydrogen-bond acceptors (Lipinski definition) is 2. The van der Waals surface area contributed by atoms with Crippen LogP contribution < -0.4 is 10.6 Å². The van der Waals surface area contributed by atoms with E-state index in [-0.39, 0.29) is 0 Å². The SMILES string of the molecule is C1=CC2(CCNC2)CNCC1. The van der Waals surface area contributed by atoms with Gasteiger partial charge >= 0.3 is 0 Å². The third kappa shape index (κ3) is 1.47. The van der Waals surface area contributed by atoms with E-state index in [0.717, 1.165) is 19.6 Å². The van der Waals surface area contributed by atoms with Crippen molar-refractivity contribution in [3.63, 3.8) is 0 Å². The number of nitrogens with one attached hydrogen (secondary N) is 2. The van der Waals surface area contributed by atoms with Gasteiger partial charge in [0.1, 0.15) is 0 Å². The van der Waals surface area contributed by atoms with Crippen LogP contribution in [0.1, 0.15) is 12.8 Å². The van der Waals surface area contributed by atoms with Crippen molar-refractivity contribution in [2.75, 3.05) is 26.2 Å². The highest BCUT2D eigenvalue weighted by atomic mass is 15.0. The Kier molecular flexibility index (Phi) is 1.96. The molecule has 2 aliphatic heterocycles. The first-order valence-electron chi connectivity index (χ1n) is 4.51. The lowest BCUT2D eigenvalue weighted by molar-refractivity contribution is 0.403. The van der Waals surface area contributed by atoms with Crippen molar-refractivity contribution in [3.05, 3.63) is 12.2 Å². The number of rotatable bonds is 0. The molecule has 2 heteroatoms. The summed E-state index contributed by atoms with van der Waals surface area (Å²) < 4.78 is 0. The summed E-state index contributed by atoms with van der Waals surface area (Å²) in [6, 6.07) is 0. The molecule has 0 radical (unpaired) electrons. The minimum Gasteiger partial charge on any atom is -0.316 e. The van der Waals surface area contributed by atoms with Crippen LogP contribution in [0.3, 0.4) is 0 Å². The summed E-state index contributed by atoms with van der Waals surface area (Å²) in [4.78, 5) is 0. The van der Waals surface area contributed by atoms with Crippen LogP contribution >= 0.6 is 0 Å².